The minimum atomic E-state index is -3.89. The van der Waals surface area contributed by atoms with E-state index < -0.39 is 10.0 Å². The van der Waals surface area contributed by atoms with Crippen LogP contribution in [0.15, 0.2) is 59.5 Å². The molecule has 2 aromatic rings. The van der Waals surface area contributed by atoms with E-state index in [0.717, 1.165) is 21.7 Å². The largest absolute Gasteiger partial charge is 0.497 e. The number of hydrogen-bond acceptors (Lipinski definition) is 5. The minimum Gasteiger partial charge on any atom is -0.497 e. The summed E-state index contributed by atoms with van der Waals surface area (Å²) in [6.45, 7) is 0.264. The van der Waals surface area contributed by atoms with Gasteiger partial charge in [0.2, 0.25) is 5.91 Å². The summed E-state index contributed by atoms with van der Waals surface area (Å²) in [5, 5.41) is 3.63. The van der Waals surface area contributed by atoms with Gasteiger partial charge in [-0.1, -0.05) is 37.5 Å². The van der Waals surface area contributed by atoms with E-state index in [-0.39, 0.29) is 17.3 Å². The van der Waals surface area contributed by atoms with Crippen LogP contribution < -0.4 is 14.4 Å². The van der Waals surface area contributed by atoms with Gasteiger partial charge in [-0.05, 0) is 61.4 Å². The molecule has 32 heavy (non-hydrogen) atoms. The molecule has 0 heterocycles. The Balaban J connectivity index is 1.61. The van der Waals surface area contributed by atoms with Gasteiger partial charge >= 0.3 is 0 Å². The molecule has 1 N–H and O–H groups in total. The lowest BCUT2D eigenvalue weighted by Crippen LogP contribution is -2.41. The first-order valence-electron chi connectivity index (χ1n) is 11.1. The average molecular weight is 477 g/mol. The van der Waals surface area contributed by atoms with Crippen molar-refractivity contribution in [2.75, 3.05) is 30.3 Å². The van der Waals surface area contributed by atoms with Gasteiger partial charge in [0.1, 0.15) is 12.3 Å². The zero-order chi connectivity index (χ0) is 22.8. The van der Waals surface area contributed by atoms with Crippen LogP contribution in [0.2, 0.25) is 0 Å². The highest BCUT2D eigenvalue weighted by molar-refractivity contribution is 7.99. The Morgan fingerprint density at radius 1 is 1.06 bits per heavy atom. The van der Waals surface area contributed by atoms with Crippen LogP contribution in [-0.2, 0) is 14.8 Å². The van der Waals surface area contributed by atoms with Gasteiger partial charge in [0.15, 0.2) is 0 Å². The second kappa shape index (κ2) is 12.2. The van der Waals surface area contributed by atoms with E-state index in [1.54, 1.807) is 49.6 Å². The molecule has 1 amide bonds. The minimum absolute atomic E-state index is 0.146. The Morgan fingerprint density at radius 2 is 1.75 bits per heavy atom. The number of sulfonamides is 1. The maximum Gasteiger partial charge on any atom is 0.264 e. The molecule has 0 spiro atoms. The van der Waals surface area contributed by atoms with Gasteiger partial charge in [-0.2, -0.15) is 11.8 Å². The predicted molar refractivity (Wildman–Crippen MR) is 131 cm³/mol. The fourth-order valence-electron chi connectivity index (χ4n) is 3.75. The molecule has 174 valence electrons. The van der Waals surface area contributed by atoms with Crippen LogP contribution in [0.1, 0.15) is 38.5 Å². The van der Waals surface area contributed by atoms with Crippen molar-refractivity contribution in [3.63, 3.8) is 0 Å². The molecule has 1 aliphatic carbocycles. The molecule has 0 aromatic heterocycles. The number of hydrogen-bond donors (Lipinski definition) is 1. The van der Waals surface area contributed by atoms with Crippen LogP contribution in [-0.4, -0.2) is 45.5 Å². The quantitative estimate of drug-likeness (QED) is 0.485. The first-order valence-corrected chi connectivity index (χ1v) is 13.6. The van der Waals surface area contributed by atoms with E-state index in [1.165, 1.54) is 44.2 Å². The average Bonchev–Trinajstić information content (AvgIpc) is 2.83. The maximum absolute atomic E-state index is 13.3. The summed E-state index contributed by atoms with van der Waals surface area (Å²) >= 11 is 2.00. The Morgan fingerprint density at radius 3 is 2.41 bits per heavy atom. The van der Waals surface area contributed by atoms with Gasteiger partial charge in [0, 0.05) is 11.8 Å². The van der Waals surface area contributed by atoms with E-state index in [4.69, 9.17) is 4.74 Å². The van der Waals surface area contributed by atoms with Crippen LogP contribution in [0.5, 0.6) is 5.75 Å². The molecule has 3 rings (SSSR count). The van der Waals surface area contributed by atoms with Crippen molar-refractivity contribution in [1.82, 2.24) is 5.32 Å². The highest BCUT2D eigenvalue weighted by Crippen LogP contribution is 2.28. The SMILES string of the molecule is COc1ccc(N(CC(=O)NCCCSC2CCCCC2)S(=O)(=O)c2ccccc2)cc1. The van der Waals surface area contributed by atoms with Crippen molar-refractivity contribution in [2.45, 2.75) is 48.7 Å². The number of ether oxygens (including phenoxy) is 1. The number of amides is 1. The Hall–Kier alpha value is -2.19. The summed E-state index contributed by atoms with van der Waals surface area (Å²) in [5.74, 6) is 1.31. The fraction of sp³-hybridized carbons (Fsp3) is 0.458. The number of anilines is 1. The van der Waals surface area contributed by atoms with E-state index >= 15 is 0 Å². The van der Waals surface area contributed by atoms with Gasteiger partial charge < -0.3 is 10.1 Å². The molecular weight excluding hydrogens is 444 g/mol. The third kappa shape index (κ3) is 6.90. The fourth-order valence-corrected chi connectivity index (χ4v) is 6.50. The standard InChI is InChI=1S/C24H32N2O4S2/c1-30-21-15-13-20(14-16-21)26(32(28,29)23-11-6-3-7-12-23)19-24(27)25-17-8-18-31-22-9-4-2-5-10-22/h3,6-7,11-16,22H,2,4-5,8-10,17-19H2,1H3,(H,25,27). The number of thioether (sulfide) groups is 1. The Kier molecular flexibility index (Phi) is 9.29. The van der Waals surface area contributed by atoms with Gasteiger partial charge in [-0.3, -0.25) is 9.10 Å². The third-order valence-electron chi connectivity index (χ3n) is 5.53. The molecule has 6 nitrogen and oxygen atoms in total. The monoisotopic (exact) mass is 476 g/mol. The van der Waals surface area contributed by atoms with E-state index in [1.807, 2.05) is 11.8 Å². The summed E-state index contributed by atoms with van der Waals surface area (Å²) in [4.78, 5) is 12.8. The second-order valence-electron chi connectivity index (χ2n) is 7.86. The molecule has 1 aliphatic rings. The number of methoxy groups -OCH3 is 1. The van der Waals surface area contributed by atoms with E-state index in [9.17, 15) is 13.2 Å². The molecular formula is C24H32N2O4S2. The van der Waals surface area contributed by atoms with Gasteiger partial charge in [0.25, 0.3) is 10.0 Å². The maximum atomic E-state index is 13.3. The number of carbonyl (C=O) groups excluding carboxylic acids is 1. The van der Waals surface area contributed by atoms with Gasteiger partial charge in [-0.25, -0.2) is 8.42 Å². The van der Waals surface area contributed by atoms with Crippen LogP contribution in [0.4, 0.5) is 5.69 Å². The molecule has 8 heteroatoms. The molecule has 0 aliphatic heterocycles. The summed E-state index contributed by atoms with van der Waals surface area (Å²) in [6.07, 6.45) is 7.47. The molecule has 0 bridgehead atoms. The van der Waals surface area contributed by atoms with Crippen LogP contribution >= 0.6 is 11.8 Å². The third-order valence-corrected chi connectivity index (χ3v) is 8.78. The molecule has 0 saturated heterocycles. The van der Waals surface area contributed by atoms with Crippen molar-refractivity contribution < 1.29 is 17.9 Å². The molecule has 0 atom stereocenters. The van der Waals surface area contributed by atoms with E-state index in [0.29, 0.717) is 18.0 Å². The molecule has 0 radical (unpaired) electrons. The summed E-state index contributed by atoms with van der Waals surface area (Å²) < 4.78 is 32.9. The van der Waals surface area contributed by atoms with Crippen LogP contribution in [0, 0.1) is 0 Å². The van der Waals surface area contributed by atoms with Crippen molar-refractivity contribution >= 4 is 33.4 Å². The number of nitrogens with one attached hydrogen (secondary N) is 1. The lowest BCUT2D eigenvalue weighted by atomic mass is 10.0. The van der Waals surface area contributed by atoms with Crippen molar-refractivity contribution in [3.8, 4) is 5.75 Å². The number of benzene rings is 2. The second-order valence-corrected chi connectivity index (χ2v) is 11.1. The molecule has 2 aromatic carbocycles. The number of nitrogens with zero attached hydrogens (tertiary/aromatic N) is 1. The first kappa shape index (κ1) is 24.5. The van der Waals surface area contributed by atoms with Crippen LogP contribution in [0.25, 0.3) is 0 Å². The highest BCUT2D eigenvalue weighted by atomic mass is 32.2. The Labute approximate surface area is 195 Å². The first-order chi connectivity index (χ1) is 15.5. The smallest absolute Gasteiger partial charge is 0.264 e. The molecule has 1 saturated carbocycles. The molecule has 1 fully saturated rings. The topological polar surface area (TPSA) is 75.7 Å². The van der Waals surface area contributed by atoms with Gasteiger partial charge in [-0.15, -0.1) is 0 Å². The predicted octanol–water partition coefficient (Wildman–Crippen LogP) is 4.46. The lowest BCUT2D eigenvalue weighted by Gasteiger charge is -2.24. The number of carbonyl (C=O) groups is 1. The van der Waals surface area contributed by atoms with Crippen molar-refractivity contribution in [1.29, 1.82) is 0 Å². The lowest BCUT2D eigenvalue weighted by molar-refractivity contribution is -0.119. The van der Waals surface area contributed by atoms with Crippen molar-refractivity contribution in [2.24, 2.45) is 0 Å². The normalized spacial score (nSPS) is 14.7. The summed E-state index contributed by atoms with van der Waals surface area (Å²) in [6, 6.07) is 14.8. The zero-order valence-electron chi connectivity index (χ0n) is 18.5. The van der Waals surface area contributed by atoms with E-state index in [2.05, 4.69) is 5.32 Å². The highest BCUT2D eigenvalue weighted by Gasteiger charge is 2.27. The van der Waals surface area contributed by atoms with Crippen LogP contribution in [0.3, 0.4) is 0 Å². The summed E-state index contributed by atoms with van der Waals surface area (Å²) in [5.41, 5.74) is 0.414. The Bertz CT molecular complexity index is 944. The molecule has 0 unspecified atom stereocenters. The zero-order valence-corrected chi connectivity index (χ0v) is 20.2. The van der Waals surface area contributed by atoms with Gasteiger partial charge in [0.05, 0.1) is 17.7 Å². The van der Waals surface area contributed by atoms with Crippen molar-refractivity contribution in [3.05, 3.63) is 54.6 Å². The summed E-state index contributed by atoms with van der Waals surface area (Å²) in [7, 11) is -2.34. The number of rotatable bonds is 11.